The minimum Gasteiger partial charge on any atom is -0.366 e. The van der Waals surface area contributed by atoms with Gasteiger partial charge >= 0.3 is 0 Å². The Morgan fingerprint density at radius 1 is 0.750 bits per heavy atom. The van der Waals surface area contributed by atoms with E-state index in [4.69, 9.17) is 0 Å². The SMILES string of the molecule is c1ccc2c(c1)NCN2Cc1c2ccccc2cc2ccccc12. The molecule has 0 amide bonds. The van der Waals surface area contributed by atoms with Crippen LogP contribution in [0, 0.1) is 0 Å². The van der Waals surface area contributed by atoms with Crippen molar-refractivity contribution in [1.82, 2.24) is 0 Å². The van der Waals surface area contributed by atoms with Gasteiger partial charge in [0.05, 0.1) is 18.0 Å². The highest BCUT2D eigenvalue weighted by atomic mass is 15.3. The summed E-state index contributed by atoms with van der Waals surface area (Å²) < 4.78 is 0. The summed E-state index contributed by atoms with van der Waals surface area (Å²) in [7, 11) is 0. The summed E-state index contributed by atoms with van der Waals surface area (Å²) >= 11 is 0. The molecule has 1 aliphatic rings. The molecule has 1 aliphatic heterocycles. The van der Waals surface area contributed by atoms with Crippen LogP contribution in [0.1, 0.15) is 5.56 Å². The average Bonchev–Trinajstić information content (AvgIpc) is 3.05. The third-order valence-electron chi connectivity index (χ3n) is 4.94. The van der Waals surface area contributed by atoms with E-state index in [1.54, 1.807) is 0 Å². The zero-order valence-corrected chi connectivity index (χ0v) is 13.4. The minimum absolute atomic E-state index is 0.858. The van der Waals surface area contributed by atoms with Gasteiger partial charge in [-0.1, -0.05) is 60.7 Å². The lowest BCUT2D eigenvalue weighted by atomic mass is 9.96. The number of nitrogens with one attached hydrogen (secondary N) is 1. The fraction of sp³-hybridized carbons (Fsp3) is 0.0909. The molecule has 116 valence electrons. The van der Waals surface area contributed by atoms with E-state index in [1.807, 2.05) is 0 Å². The van der Waals surface area contributed by atoms with E-state index in [-0.39, 0.29) is 0 Å². The highest BCUT2D eigenvalue weighted by Crippen LogP contribution is 2.35. The lowest BCUT2D eigenvalue weighted by Gasteiger charge is -2.21. The zero-order valence-electron chi connectivity index (χ0n) is 13.4. The van der Waals surface area contributed by atoms with Crippen molar-refractivity contribution in [2.75, 3.05) is 16.9 Å². The van der Waals surface area contributed by atoms with Crippen molar-refractivity contribution in [2.45, 2.75) is 6.54 Å². The molecule has 0 unspecified atom stereocenters. The molecule has 0 aromatic heterocycles. The van der Waals surface area contributed by atoms with Crippen molar-refractivity contribution in [3.8, 4) is 0 Å². The summed E-state index contributed by atoms with van der Waals surface area (Å²) in [6.07, 6.45) is 0. The highest BCUT2D eigenvalue weighted by Gasteiger charge is 2.19. The number of fused-ring (bicyclic) bond motifs is 3. The van der Waals surface area contributed by atoms with Crippen LogP contribution in [0.2, 0.25) is 0 Å². The van der Waals surface area contributed by atoms with Gasteiger partial charge in [-0.15, -0.1) is 0 Å². The molecule has 0 spiro atoms. The lowest BCUT2D eigenvalue weighted by molar-refractivity contribution is 0.883. The quantitative estimate of drug-likeness (QED) is 0.500. The van der Waals surface area contributed by atoms with Crippen molar-refractivity contribution in [1.29, 1.82) is 0 Å². The summed E-state index contributed by atoms with van der Waals surface area (Å²) in [4.78, 5) is 2.42. The molecule has 1 heterocycles. The summed E-state index contributed by atoms with van der Waals surface area (Å²) in [5.74, 6) is 0. The van der Waals surface area contributed by atoms with Crippen molar-refractivity contribution >= 4 is 32.9 Å². The molecule has 4 aromatic carbocycles. The Balaban J connectivity index is 1.70. The largest absolute Gasteiger partial charge is 0.366 e. The van der Waals surface area contributed by atoms with E-state index in [0.717, 1.165) is 13.2 Å². The van der Waals surface area contributed by atoms with Crippen LogP contribution >= 0.6 is 0 Å². The summed E-state index contributed by atoms with van der Waals surface area (Å²) in [6, 6.07) is 28.3. The Hall–Kier alpha value is -3.00. The van der Waals surface area contributed by atoms with Gasteiger partial charge in [0.2, 0.25) is 0 Å². The molecule has 0 bridgehead atoms. The molecule has 2 heteroatoms. The molecule has 5 rings (SSSR count). The smallest absolute Gasteiger partial charge is 0.0881 e. The first-order chi connectivity index (χ1) is 11.9. The first kappa shape index (κ1) is 13.4. The second kappa shape index (κ2) is 5.27. The standard InChI is InChI=1S/C22H18N2/c1-3-9-18-16(7-1)13-17-8-2-4-10-19(17)20(18)14-24-15-23-21-11-5-6-12-22(21)24/h1-13,23H,14-15H2. The van der Waals surface area contributed by atoms with Gasteiger partial charge < -0.3 is 10.2 Å². The predicted molar refractivity (Wildman–Crippen MR) is 103 cm³/mol. The molecular weight excluding hydrogens is 292 g/mol. The van der Waals surface area contributed by atoms with Crippen LogP contribution in [0.5, 0.6) is 0 Å². The first-order valence-electron chi connectivity index (χ1n) is 8.37. The molecule has 0 fully saturated rings. The maximum absolute atomic E-state index is 3.49. The van der Waals surface area contributed by atoms with Gasteiger partial charge in [-0.25, -0.2) is 0 Å². The Labute approximate surface area is 141 Å². The molecule has 2 nitrogen and oxygen atoms in total. The number of anilines is 2. The molecule has 0 saturated carbocycles. The highest BCUT2D eigenvalue weighted by molar-refractivity contribution is 6.02. The van der Waals surface area contributed by atoms with Crippen molar-refractivity contribution < 1.29 is 0 Å². The van der Waals surface area contributed by atoms with Crippen LogP contribution in [0.25, 0.3) is 21.5 Å². The normalized spacial score (nSPS) is 13.2. The third-order valence-corrected chi connectivity index (χ3v) is 4.94. The molecule has 4 aromatic rings. The molecule has 0 saturated heterocycles. The van der Waals surface area contributed by atoms with E-state index in [1.165, 1.54) is 38.5 Å². The third kappa shape index (κ3) is 2.04. The summed E-state index contributed by atoms with van der Waals surface area (Å²) in [5, 5.41) is 8.81. The van der Waals surface area contributed by atoms with Crippen LogP contribution in [0.4, 0.5) is 11.4 Å². The van der Waals surface area contributed by atoms with E-state index >= 15 is 0 Å². The Morgan fingerprint density at radius 3 is 2.12 bits per heavy atom. The number of para-hydroxylation sites is 2. The molecule has 1 N–H and O–H groups in total. The van der Waals surface area contributed by atoms with E-state index in [2.05, 4.69) is 89.1 Å². The van der Waals surface area contributed by atoms with E-state index in [9.17, 15) is 0 Å². The van der Waals surface area contributed by atoms with E-state index in [0.29, 0.717) is 0 Å². The summed E-state index contributed by atoms with van der Waals surface area (Å²) in [6.45, 7) is 1.77. The number of benzene rings is 4. The zero-order chi connectivity index (χ0) is 15.9. The fourth-order valence-electron chi connectivity index (χ4n) is 3.77. The lowest BCUT2D eigenvalue weighted by Crippen LogP contribution is -2.22. The fourth-order valence-corrected chi connectivity index (χ4v) is 3.77. The van der Waals surface area contributed by atoms with Crippen molar-refractivity contribution in [3.63, 3.8) is 0 Å². The molecule has 24 heavy (non-hydrogen) atoms. The minimum atomic E-state index is 0.858. The average molecular weight is 310 g/mol. The predicted octanol–water partition coefficient (Wildman–Crippen LogP) is 5.38. The van der Waals surface area contributed by atoms with Crippen molar-refractivity contribution in [3.05, 3.63) is 84.4 Å². The van der Waals surface area contributed by atoms with Crippen molar-refractivity contribution in [2.24, 2.45) is 0 Å². The number of hydrogen-bond donors (Lipinski definition) is 1. The van der Waals surface area contributed by atoms with Gasteiger partial charge in [0.25, 0.3) is 0 Å². The number of rotatable bonds is 2. The van der Waals surface area contributed by atoms with Crippen LogP contribution in [0.3, 0.4) is 0 Å². The number of nitrogens with zero attached hydrogens (tertiary/aromatic N) is 1. The maximum atomic E-state index is 3.49. The van der Waals surface area contributed by atoms with Gasteiger partial charge in [-0.2, -0.15) is 0 Å². The van der Waals surface area contributed by atoms with E-state index < -0.39 is 0 Å². The maximum Gasteiger partial charge on any atom is 0.0881 e. The molecular formula is C22H18N2. The Morgan fingerprint density at radius 2 is 1.38 bits per heavy atom. The van der Waals surface area contributed by atoms with Gasteiger partial charge in [-0.3, -0.25) is 0 Å². The van der Waals surface area contributed by atoms with Crippen LogP contribution < -0.4 is 10.2 Å². The van der Waals surface area contributed by atoms with Gasteiger partial charge in [-0.05, 0) is 45.3 Å². The molecule has 0 radical (unpaired) electrons. The monoisotopic (exact) mass is 310 g/mol. The first-order valence-corrected chi connectivity index (χ1v) is 8.37. The number of hydrogen-bond acceptors (Lipinski definition) is 2. The second-order valence-electron chi connectivity index (χ2n) is 6.35. The van der Waals surface area contributed by atoms with Crippen LogP contribution in [0.15, 0.2) is 78.9 Å². The molecule has 0 aliphatic carbocycles. The molecule has 0 atom stereocenters. The Bertz CT molecular complexity index is 998. The Kier molecular flexibility index (Phi) is 2.95. The van der Waals surface area contributed by atoms with Gasteiger partial charge in [0.15, 0.2) is 0 Å². The second-order valence-corrected chi connectivity index (χ2v) is 6.35. The van der Waals surface area contributed by atoms with Crippen LogP contribution in [-0.4, -0.2) is 6.67 Å². The summed E-state index contributed by atoms with van der Waals surface area (Å²) in [5.41, 5.74) is 3.92. The topological polar surface area (TPSA) is 15.3 Å². The van der Waals surface area contributed by atoms with Gasteiger partial charge in [0, 0.05) is 6.54 Å². The van der Waals surface area contributed by atoms with Gasteiger partial charge in [0.1, 0.15) is 0 Å². The van der Waals surface area contributed by atoms with Crippen LogP contribution in [-0.2, 0) is 6.54 Å².